The van der Waals surface area contributed by atoms with Crippen LogP contribution in [-0.4, -0.2) is 4.98 Å². The number of thiazole rings is 1. The topological polar surface area (TPSA) is 50.4 Å². The molecule has 5 aromatic rings. The standard InChI is InChI=1S/C24H18ClN3OS/c1-14-11-15(2)23-18(12-14)20(13-21(29-23)16-7-9-17(25)10-8-16)27-28-24-26-19-5-3-4-6-22(19)30-24/h3-13H,1-2H3,(H,26,28). The third-order valence-electron chi connectivity index (χ3n) is 4.87. The Kier molecular flexibility index (Phi) is 4.77. The molecule has 0 aliphatic rings. The van der Waals surface area contributed by atoms with Gasteiger partial charge in [-0.1, -0.05) is 41.1 Å². The Hall–Kier alpha value is -3.15. The van der Waals surface area contributed by atoms with Gasteiger partial charge in [-0.2, -0.15) is 5.10 Å². The molecule has 5 rings (SSSR count). The molecule has 0 atom stereocenters. The molecule has 0 aliphatic heterocycles. The van der Waals surface area contributed by atoms with Crippen LogP contribution in [0, 0.1) is 13.8 Å². The lowest BCUT2D eigenvalue weighted by Crippen LogP contribution is -2.08. The summed E-state index contributed by atoms with van der Waals surface area (Å²) in [6.07, 6.45) is 0. The second kappa shape index (κ2) is 7.59. The van der Waals surface area contributed by atoms with Gasteiger partial charge in [0.1, 0.15) is 11.3 Å². The number of anilines is 1. The lowest BCUT2D eigenvalue weighted by Gasteiger charge is -2.08. The molecule has 1 N–H and O–H groups in total. The fourth-order valence-electron chi connectivity index (χ4n) is 3.50. The van der Waals surface area contributed by atoms with Gasteiger partial charge in [-0.05, 0) is 67.4 Å². The maximum Gasteiger partial charge on any atom is 0.204 e. The van der Waals surface area contributed by atoms with E-state index in [2.05, 4.69) is 42.5 Å². The smallest absolute Gasteiger partial charge is 0.204 e. The van der Waals surface area contributed by atoms with E-state index < -0.39 is 0 Å². The SMILES string of the molecule is Cc1cc(C)c2oc(-c3ccc(Cl)cc3)cc(=NNc3nc4ccccc4s3)c2c1. The molecule has 0 unspecified atom stereocenters. The molecule has 0 saturated heterocycles. The number of aromatic nitrogens is 1. The number of nitrogens with one attached hydrogen (secondary N) is 1. The quantitative estimate of drug-likeness (QED) is 0.316. The Balaban J connectivity index is 1.68. The molecular formula is C24H18ClN3OS. The van der Waals surface area contributed by atoms with Gasteiger partial charge < -0.3 is 4.42 Å². The Labute approximate surface area is 182 Å². The zero-order valence-electron chi connectivity index (χ0n) is 16.4. The van der Waals surface area contributed by atoms with Crippen molar-refractivity contribution in [3.05, 3.63) is 88.2 Å². The minimum Gasteiger partial charge on any atom is -0.456 e. The van der Waals surface area contributed by atoms with Crippen LogP contribution in [0.2, 0.25) is 5.02 Å². The van der Waals surface area contributed by atoms with Crippen LogP contribution in [0.1, 0.15) is 11.1 Å². The molecule has 3 aromatic carbocycles. The number of para-hydroxylation sites is 1. The first-order chi connectivity index (χ1) is 14.6. The summed E-state index contributed by atoms with van der Waals surface area (Å²) in [5, 5.41) is 7.89. The van der Waals surface area contributed by atoms with Crippen LogP contribution in [0.25, 0.3) is 32.5 Å². The zero-order valence-corrected chi connectivity index (χ0v) is 18.0. The minimum absolute atomic E-state index is 0.689. The molecule has 2 heterocycles. The van der Waals surface area contributed by atoms with Crippen molar-refractivity contribution in [1.82, 2.24) is 4.98 Å². The summed E-state index contributed by atoms with van der Waals surface area (Å²) in [5.74, 6) is 0.732. The highest BCUT2D eigenvalue weighted by atomic mass is 35.5. The van der Waals surface area contributed by atoms with Gasteiger partial charge in [0, 0.05) is 22.0 Å². The van der Waals surface area contributed by atoms with Crippen molar-refractivity contribution in [3.8, 4) is 11.3 Å². The molecule has 4 nitrogen and oxygen atoms in total. The maximum absolute atomic E-state index is 6.27. The molecule has 6 heteroatoms. The highest BCUT2D eigenvalue weighted by molar-refractivity contribution is 7.22. The molecule has 0 spiro atoms. The Morgan fingerprint density at radius 3 is 2.60 bits per heavy atom. The Morgan fingerprint density at radius 2 is 1.80 bits per heavy atom. The van der Waals surface area contributed by atoms with Crippen LogP contribution in [0.3, 0.4) is 0 Å². The molecule has 2 aromatic heterocycles. The van der Waals surface area contributed by atoms with Crippen molar-refractivity contribution in [1.29, 1.82) is 0 Å². The first-order valence-electron chi connectivity index (χ1n) is 9.53. The summed E-state index contributed by atoms with van der Waals surface area (Å²) in [5.41, 5.74) is 8.08. The first-order valence-corrected chi connectivity index (χ1v) is 10.7. The number of hydrogen-bond acceptors (Lipinski definition) is 5. The average molecular weight is 432 g/mol. The summed E-state index contributed by atoms with van der Waals surface area (Å²) in [4.78, 5) is 4.61. The van der Waals surface area contributed by atoms with E-state index in [1.54, 1.807) is 11.3 Å². The van der Waals surface area contributed by atoms with Gasteiger partial charge in [0.15, 0.2) is 0 Å². The van der Waals surface area contributed by atoms with E-state index in [1.165, 1.54) is 0 Å². The third-order valence-corrected chi connectivity index (χ3v) is 6.06. The first kappa shape index (κ1) is 18.9. The number of fused-ring (bicyclic) bond motifs is 2. The predicted molar refractivity (Wildman–Crippen MR) is 125 cm³/mol. The van der Waals surface area contributed by atoms with Crippen LogP contribution >= 0.6 is 22.9 Å². The van der Waals surface area contributed by atoms with Gasteiger partial charge in [0.05, 0.1) is 15.6 Å². The average Bonchev–Trinajstić information content (AvgIpc) is 3.16. The fraction of sp³-hybridized carbons (Fsp3) is 0.0833. The molecule has 0 bridgehead atoms. The zero-order chi connectivity index (χ0) is 20.7. The molecule has 148 valence electrons. The number of halogens is 1. The van der Waals surface area contributed by atoms with E-state index in [4.69, 9.17) is 21.1 Å². The van der Waals surface area contributed by atoms with E-state index in [9.17, 15) is 0 Å². The van der Waals surface area contributed by atoms with Crippen molar-refractivity contribution in [3.63, 3.8) is 0 Å². The van der Waals surface area contributed by atoms with Gasteiger partial charge in [-0.25, -0.2) is 4.98 Å². The highest BCUT2D eigenvalue weighted by Gasteiger charge is 2.10. The lowest BCUT2D eigenvalue weighted by atomic mass is 10.1. The minimum atomic E-state index is 0.689. The van der Waals surface area contributed by atoms with E-state index in [-0.39, 0.29) is 0 Å². The molecule has 0 fully saturated rings. The van der Waals surface area contributed by atoms with Gasteiger partial charge in [-0.3, -0.25) is 5.43 Å². The highest BCUT2D eigenvalue weighted by Crippen LogP contribution is 2.27. The molecule has 0 radical (unpaired) electrons. The van der Waals surface area contributed by atoms with Crippen molar-refractivity contribution in [2.45, 2.75) is 13.8 Å². The number of hydrogen-bond donors (Lipinski definition) is 1. The lowest BCUT2D eigenvalue weighted by molar-refractivity contribution is 0.615. The van der Waals surface area contributed by atoms with Crippen LogP contribution in [0.15, 0.2) is 76.2 Å². The van der Waals surface area contributed by atoms with E-state index in [0.29, 0.717) is 5.02 Å². The Morgan fingerprint density at radius 1 is 1.00 bits per heavy atom. The number of rotatable bonds is 3. The molecule has 0 saturated carbocycles. The number of aryl methyl sites for hydroxylation is 2. The largest absolute Gasteiger partial charge is 0.456 e. The van der Waals surface area contributed by atoms with E-state index >= 15 is 0 Å². The second-order valence-electron chi connectivity index (χ2n) is 7.17. The molecule has 30 heavy (non-hydrogen) atoms. The number of benzene rings is 3. The summed E-state index contributed by atoms with van der Waals surface area (Å²) in [7, 11) is 0. The van der Waals surface area contributed by atoms with Gasteiger partial charge >= 0.3 is 0 Å². The monoisotopic (exact) mass is 431 g/mol. The van der Waals surface area contributed by atoms with Gasteiger partial charge in [-0.15, -0.1) is 0 Å². The van der Waals surface area contributed by atoms with E-state index in [0.717, 1.165) is 54.1 Å². The normalized spacial score (nSPS) is 12.0. The molecule has 0 amide bonds. The van der Waals surface area contributed by atoms with Gasteiger partial charge in [0.2, 0.25) is 5.13 Å². The Bertz CT molecular complexity index is 1420. The van der Waals surface area contributed by atoms with Crippen LogP contribution in [-0.2, 0) is 0 Å². The summed E-state index contributed by atoms with van der Waals surface area (Å²) >= 11 is 7.63. The maximum atomic E-state index is 6.27. The van der Waals surface area contributed by atoms with Crippen LogP contribution in [0.4, 0.5) is 5.13 Å². The third kappa shape index (κ3) is 3.58. The van der Waals surface area contributed by atoms with Crippen LogP contribution < -0.4 is 10.8 Å². The van der Waals surface area contributed by atoms with Crippen molar-refractivity contribution >= 4 is 49.3 Å². The molecule has 0 aliphatic carbocycles. The van der Waals surface area contributed by atoms with Crippen molar-refractivity contribution in [2.24, 2.45) is 5.10 Å². The van der Waals surface area contributed by atoms with E-state index in [1.807, 2.05) is 48.5 Å². The molecular weight excluding hydrogens is 414 g/mol. The summed E-state index contributed by atoms with van der Waals surface area (Å²) in [6.45, 7) is 4.12. The summed E-state index contributed by atoms with van der Waals surface area (Å²) in [6, 6.07) is 21.8. The summed E-state index contributed by atoms with van der Waals surface area (Å²) < 4.78 is 7.39. The second-order valence-corrected chi connectivity index (χ2v) is 8.64. The van der Waals surface area contributed by atoms with Crippen molar-refractivity contribution in [2.75, 3.05) is 5.43 Å². The predicted octanol–water partition coefficient (Wildman–Crippen LogP) is 6.91. The number of nitrogens with zero attached hydrogens (tertiary/aromatic N) is 2. The fourth-order valence-corrected chi connectivity index (χ4v) is 4.43. The van der Waals surface area contributed by atoms with Crippen molar-refractivity contribution < 1.29 is 4.42 Å². The van der Waals surface area contributed by atoms with Gasteiger partial charge in [0.25, 0.3) is 0 Å². The van der Waals surface area contributed by atoms with Crippen LogP contribution in [0.5, 0.6) is 0 Å².